The summed E-state index contributed by atoms with van der Waals surface area (Å²) in [7, 11) is 0. The minimum Gasteiger partial charge on any atom is -0.366 e. The smallest absolute Gasteiger partial charge is 0.248 e. The van der Waals surface area contributed by atoms with Gasteiger partial charge in [0.1, 0.15) is 0 Å². The van der Waals surface area contributed by atoms with Crippen LogP contribution in [0, 0.1) is 0 Å². The summed E-state index contributed by atoms with van der Waals surface area (Å²) >= 11 is 0. The normalized spacial score (nSPS) is 14.8. The summed E-state index contributed by atoms with van der Waals surface area (Å²) in [4.78, 5) is 24.2. The lowest BCUT2D eigenvalue weighted by Gasteiger charge is -2.34. The summed E-state index contributed by atoms with van der Waals surface area (Å²) < 4.78 is 0. The first-order valence-electron chi connectivity index (χ1n) is 10.6. The number of fused-ring (bicyclic) bond motifs is 1. The Morgan fingerprint density at radius 1 is 0.935 bits per heavy atom. The number of nitrogens with zero attached hydrogens (tertiary/aromatic N) is 3. The van der Waals surface area contributed by atoms with Crippen LogP contribution in [0.1, 0.15) is 15.9 Å². The average molecular weight is 412 g/mol. The molecule has 1 saturated heterocycles. The van der Waals surface area contributed by atoms with E-state index in [1.807, 2.05) is 6.07 Å². The molecule has 1 fully saturated rings. The number of H-pyrrole nitrogens is 1. The molecule has 156 valence electrons. The third kappa shape index (κ3) is 4.02. The van der Waals surface area contributed by atoms with Gasteiger partial charge in [0, 0.05) is 38.3 Å². The van der Waals surface area contributed by atoms with Gasteiger partial charge in [-0.1, -0.05) is 54.6 Å². The van der Waals surface area contributed by atoms with Crippen molar-refractivity contribution < 1.29 is 4.79 Å². The molecule has 0 spiro atoms. The van der Waals surface area contributed by atoms with E-state index in [9.17, 15) is 4.79 Å². The molecule has 1 aliphatic rings. The van der Waals surface area contributed by atoms with Gasteiger partial charge in [0.05, 0.1) is 11.0 Å². The predicted molar refractivity (Wildman–Crippen MR) is 124 cm³/mol. The van der Waals surface area contributed by atoms with Crippen molar-refractivity contribution in [3.63, 3.8) is 0 Å². The van der Waals surface area contributed by atoms with Gasteiger partial charge in [-0.05, 0) is 34.9 Å². The second-order valence-electron chi connectivity index (χ2n) is 7.94. The number of hydrogen-bond acceptors (Lipinski definition) is 4. The molecule has 0 bridgehead atoms. The number of carbonyl (C=O) groups is 1. The molecule has 0 atom stereocenters. The molecule has 1 amide bonds. The molecule has 1 aromatic heterocycles. The lowest BCUT2D eigenvalue weighted by Crippen LogP contribution is -2.46. The first-order valence-corrected chi connectivity index (χ1v) is 10.6. The maximum atomic E-state index is 11.4. The van der Waals surface area contributed by atoms with Crippen molar-refractivity contribution in [2.24, 2.45) is 5.73 Å². The standard InChI is InChI=1S/C25H25N5O/c26-24(31)19-10-11-22-23(16-19)28-25(27-22)30-14-12-29(13-15-30)17-20-8-4-5-9-21(20)18-6-2-1-3-7-18/h1-11,16H,12-15,17H2,(H2,26,31)(H,27,28). The Labute approximate surface area is 181 Å². The molecule has 0 saturated carbocycles. The highest BCUT2D eigenvalue weighted by Gasteiger charge is 2.20. The number of carbonyl (C=O) groups excluding carboxylic acids is 1. The van der Waals surface area contributed by atoms with E-state index < -0.39 is 5.91 Å². The molecule has 5 rings (SSSR count). The third-order valence-corrected chi connectivity index (χ3v) is 5.92. The number of aromatic nitrogens is 2. The number of rotatable bonds is 5. The van der Waals surface area contributed by atoms with Gasteiger partial charge in [-0.3, -0.25) is 9.69 Å². The Kier molecular flexibility index (Phi) is 5.14. The van der Waals surface area contributed by atoms with E-state index in [-0.39, 0.29) is 0 Å². The Balaban J connectivity index is 1.27. The maximum absolute atomic E-state index is 11.4. The predicted octanol–water partition coefficient (Wildman–Crippen LogP) is 3.65. The van der Waals surface area contributed by atoms with Crippen LogP contribution < -0.4 is 10.6 Å². The Morgan fingerprint density at radius 3 is 2.45 bits per heavy atom. The van der Waals surface area contributed by atoms with Crippen molar-refractivity contribution in [2.75, 3.05) is 31.1 Å². The largest absolute Gasteiger partial charge is 0.366 e. The van der Waals surface area contributed by atoms with E-state index in [0.29, 0.717) is 5.56 Å². The Bertz CT molecular complexity index is 1210. The zero-order chi connectivity index (χ0) is 21.2. The van der Waals surface area contributed by atoms with Gasteiger partial charge < -0.3 is 15.6 Å². The van der Waals surface area contributed by atoms with Crippen molar-refractivity contribution in [3.8, 4) is 11.1 Å². The van der Waals surface area contributed by atoms with E-state index in [1.54, 1.807) is 12.1 Å². The van der Waals surface area contributed by atoms with E-state index in [0.717, 1.165) is 49.7 Å². The molecule has 0 radical (unpaired) electrons. The summed E-state index contributed by atoms with van der Waals surface area (Å²) in [5.41, 5.74) is 11.5. The second kappa shape index (κ2) is 8.24. The van der Waals surface area contributed by atoms with Gasteiger partial charge >= 0.3 is 0 Å². The summed E-state index contributed by atoms with van der Waals surface area (Å²) in [6.07, 6.45) is 0. The lowest BCUT2D eigenvalue weighted by atomic mass is 9.99. The minimum atomic E-state index is -0.428. The Morgan fingerprint density at radius 2 is 1.68 bits per heavy atom. The number of primary amides is 1. The van der Waals surface area contributed by atoms with Gasteiger partial charge in [0.2, 0.25) is 11.9 Å². The van der Waals surface area contributed by atoms with Crippen molar-refractivity contribution in [3.05, 3.63) is 83.9 Å². The van der Waals surface area contributed by atoms with Crippen LogP contribution in [0.4, 0.5) is 5.95 Å². The van der Waals surface area contributed by atoms with Crippen LogP contribution in [-0.4, -0.2) is 47.0 Å². The number of imidazole rings is 1. The van der Waals surface area contributed by atoms with Crippen molar-refractivity contribution in [1.82, 2.24) is 14.9 Å². The number of aromatic amines is 1. The molecule has 4 aromatic rings. The van der Waals surface area contributed by atoms with Crippen molar-refractivity contribution >= 4 is 22.9 Å². The van der Waals surface area contributed by atoms with Gasteiger partial charge in [0.25, 0.3) is 0 Å². The Hall–Kier alpha value is -3.64. The van der Waals surface area contributed by atoms with Gasteiger partial charge in [0.15, 0.2) is 0 Å². The van der Waals surface area contributed by atoms with Crippen LogP contribution >= 0.6 is 0 Å². The number of benzene rings is 3. The highest BCUT2D eigenvalue weighted by atomic mass is 16.1. The molecule has 0 aliphatic carbocycles. The van der Waals surface area contributed by atoms with E-state index in [2.05, 4.69) is 69.4 Å². The summed E-state index contributed by atoms with van der Waals surface area (Å²) in [6, 6.07) is 24.5. The molecule has 2 heterocycles. The number of nitrogens with one attached hydrogen (secondary N) is 1. The van der Waals surface area contributed by atoms with E-state index in [4.69, 9.17) is 10.7 Å². The quantitative estimate of drug-likeness (QED) is 0.525. The third-order valence-electron chi connectivity index (χ3n) is 5.92. The van der Waals surface area contributed by atoms with E-state index in [1.165, 1.54) is 16.7 Å². The molecule has 3 aromatic carbocycles. The maximum Gasteiger partial charge on any atom is 0.248 e. The zero-order valence-corrected chi connectivity index (χ0v) is 17.3. The van der Waals surface area contributed by atoms with Crippen molar-refractivity contribution in [1.29, 1.82) is 0 Å². The highest BCUT2D eigenvalue weighted by Crippen LogP contribution is 2.25. The van der Waals surface area contributed by atoms with Gasteiger partial charge in [-0.25, -0.2) is 4.98 Å². The van der Waals surface area contributed by atoms with E-state index >= 15 is 0 Å². The van der Waals surface area contributed by atoms with Crippen LogP contribution in [0.2, 0.25) is 0 Å². The number of hydrogen-bond donors (Lipinski definition) is 2. The first kappa shape index (κ1) is 19.3. The first-order chi connectivity index (χ1) is 15.2. The number of piperazine rings is 1. The topological polar surface area (TPSA) is 78.2 Å². The molecule has 31 heavy (non-hydrogen) atoms. The van der Waals surface area contributed by atoms with Crippen LogP contribution in [0.3, 0.4) is 0 Å². The van der Waals surface area contributed by atoms with Crippen LogP contribution in [0.25, 0.3) is 22.2 Å². The molecule has 6 nitrogen and oxygen atoms in total. The summed E-state index contributed by atoms with van der Waals surface area (Å²) in [5.74, 6) is 0.420. The number of amides is 1. The fourth-order valence-electron chi connectivity index (χ4n) is 4.22. The molecule has 1 aliphatic heterocycles. The van der Waals surface area contributed by atoms with Crippen LogP contribution in [0.5, 0.6) is 0 Å². The lowest BCUT2D eigenvalue weighted by molar-refractivity contribution is 0.100. The van der Waals surface area contributed by atoms with Crippen LogP contribution in [0.15, 0.2) is 72.8 Å². The fourth-order valence-corrected chi connectivity index (χ4v) is 4.22. The SMILES string of the molecule is NC(=O)c1ccc2nc(N3CCN(Cc4ccccc4-c4ccccc4)CC3)[nH]c2c1. The molecule has 3 N–H and O–H groups in total. The molecule has 6 heteroatoms. The summed E-state index contributed by atoms with van der Waals surface area (Å²) in [6.45, 7) is 4.66. The second-order valence-corrected chi connectivity index (χ2v) is 7.94. The van der Waals surface area contributed by atoms with Gasteiger partial charge in [-0.2, -0.15) is 0 Å². The molecular weight excluding hydrogens is 386 g/mol. The van der Waals surface area contributed by atoms with Crippen molar-refractivity contribution in [2.45, 2.75) is 6.54 Å². The highest BCUT2D eigenvalue weighted by molar-refractivity contribution is 5.96. The fraction of sp³-hybridized carbons (Fsp3) is 0.200. The minimum absolute atomic E-state index is 0.428. The monoisotopic (exact) mass is 411 g/mol. The average Bonchev–Trinajstić information content (AvgIpc) is 3.24. The molecule has 0 unspecified atom stereocenters. The van der Waals surface area contributed by atoms with Crippen LogP contribution in [-0.2, 0) is 6.54 Å². The number of nitrogens with two attached hydrogens (primary N) is 1. The zero-order valence-electron chi connectivity index (χ0n) is 17.3. The summed E-state index contributed by atoms with van der Waals surface area (Å²) in [5, 5.41) is 0. The number of anilines is 1. The molecular formula is C25H25N5O. The van der Waals surface area contributed by atoms with Gasteiger partial charge in [-0.15, -0.1) is 0 Å².